The lowest BCUT2D eigenvalue weighted by molar-refractivity contribution is -0.163. The number of carbonyl (C=O) groups is 3. The molecule has 0 aliphatic carbocycles. The predicted molar refractivity (Wildman–Crippen MR) is 135 cm³/mol. The van der Waals surface area contributed by atoms with Gasteiger partial charge in [0.1, 0.15) is 17.6 Å². The maximum Gasteiger partial charge on any atom is 0.313 e. The van der Waals surface area contributed by atoms with E-state index in [1.807, 2.05) is 65.8 Å². The zero-order valence-corrected chi connectivity index (χ0v) is 22.5. The van der Waals surface area contributed by atoms with Crippen LogP contribution < -0.4 is 0 Å². The molecule has 0 aromatic heterocycles. The number of rotatable bonds is 4. The first-order valence-corrected chi connectivity index (χ1v) is 13.4. The summed E-state index contributed by atoms with van der Waals surface area (Å²) < 4.78 is 12.5. The van der Waals surface area contributed by atoms with E-state index in [0.717, 1.165) is 25.7 Å². The quantitative estimate of drug-likeness (QED) is 0.469. The number of cyclic esters (lactones) is 1. The topological polar surface area (TPSA) is 96.4 Å². The molecule has 0 bridgehead atoms. The first-order chi connectivity index (χ1) is 16.9. The summed E-state index contributed by atoms with van der Waals surface area (Å²) in [7, 11) is 0. The minimum absolute atomic E-state index is 0.0553. The fourth-order valence-electron chi connectivity index (χ4n) is 6.51. The number of hydrogen-bond acceptors (Lipinski definition) is 6. The number of likely N-dealkylation sites (tertiary alicyclic amines) is 1. The van der Waals surface area contributed by atoms with Gasteiger partial charge < -0.3 is 24.4 Å². The summed E-state index contributed by atoms with van der Waals surface area (Å²) in [4.78, 5) is 45.5. The molecule has 4 rings (SSSR count). The number of nitrogens with zero attached hydrogens (tertiary/aromatic N) is 2. The van der Waals surface area contributed by atoms with Gasteiger partial charge in [0.15, 0.2) is 0 Å². The second-order valence-electron chi connectivity index (χ2n) is 12.0. The fourth-order valence-corrected chi connectivity index (χ4v) is 6.51. The number of aliphatic hydroxyl groups excluding tert-OH is 1. The average molecular weight is 503 g/mol. The maximum atomic E-state index is 14.4. The minimum atomic E-state index is -1.34. The number of amides is 2. The summed E-state index contributed by atoms with van der Waals surface area (Å²) >= 11 is 0. The zero-order chi connectivity index (χ0) is 26.5. The van der Waals surface area contributed by atoms with Crippen molar-refractivity contribution in [2.24, 2.45) is 17.8 Å². The van der Waals surface area contributed by atoms with Gasteiger partial charge in [-0.05, 0) is 52.9 Å². The maximum absolute atomic E-state index is 14.4. The van der Waals surface area contributed by atoms with Gasteiger partial charge in [-0.15, -0.1) is 0 Å². The van der Waals surface area contributed by atoms with Crippen molar-refractivity contribution in [3.63, 3.8) is 0 Å². The minimum Gasteiger partial charge on any atom is -0.465 e. The van der Waals surface area contributed by atoms with Crippen LogP contribution in [0.1, 0.15) is 67.2 Å². The van der Waals surface area contributed by atoms with Crippen LogP contribution in [0.5, 0.6) is 0 Å². The van der Waals surface area contributed by atoms with E-state index in [2.05, 4.69) is 0 Å². The lowest BCUT2D eigenvalue weighted by atomic mass is 9.74. The van der Waals surface area contributed by atoms with Crippen molar-refractivity contribution in [3.8, 4) is 0 Å². The third-order valence-electron chi connectivity index (χ3n) is 8.59. The van der Waals surface area contributed by atoms with Gasteiger partial charge in [0.05, 0.1) is 30.8 Å². The van der Waals surface area contributed by atoms with E-state index in [1.54, 1.807) is 9.80 Å². The molecule has 0 radical (unpaired) electrons. The molecule has 1 N–H and O–H groups in total. The highest BCUT2D eigenvalue weighted by molar-refractivity contribution is 5.99. The Morgan fingerprint density at radius 3 is 2.47 bits per heavy atom. The van der Waals surface area contributed by atoms with E-state index in [4.69, 9.17) is 9.47 Å². The SMILES string of the molecule is CC[C@H](C)[C@H](CO)N1C(=O)[C@@H]2[C@H]3C(=O)OCCCC/C=C\[C@@]3(C)O[C@@]23C=CCN(C(C)(C)C)C(=O)C13. The summed E-state index contributed by atoms with van der Waals surface area (Å²) in [6, 6.07) is -1.57. The molecule has 7 atom stereocenters. The largest absolute Gasteiger partial charge is 0.465 e. The number of ether oxygens (including phenoxy) is 2. The van der Waals surface area contributed by atoms with Crippen LogP contribution in [0.25, 0.3) is 0 Å². The van der Waals surface area contributed by atoms with Crippen LogP contribution in [0.4, 0.5) is 0 Å². The molecule has 200 valence electrons. The van der Waals surface area contributed by atoms with E-state index >= 15 is 0 Å². The number of esters is 1. The van der Waals surface area contributed by atoms with E-state index in [-0.39, 0.29) is 24.3 Å². The van der Waals surface area contributed by atoms with E-state index < -0.39 is 46.6 Å². The second-order valence-corrected chi connectivity index (χ2v) is 12.0. The van der Waals surface area contributed by atoms with Crippen molar-refractivity contribution in [1.82, 2.24) is 9.80 Å². The Hall–Kier alpha value is -2.19. The Labute approximate surface area is 214 Å². The molecule has 1 spiro atoms. The highest BCUT2D eigenvalue weighted by Crippen LogP contribution is 2.58. The second kappa shape index (κ2) is 9.60. The lowest BCUT2D eigenvalue weighted by Gasteiger charge is -2.44. The highest BCUT2D eigenvalue weighted by Gasteiger charge is 2.75. The van der Waals surface area contributed by atoms with Gasteiger partial charge in [-0.3, -0.25) is 14.4 Å². The van der Waals surface area contributed by atoms with Crippen LogP contribution in [0.3, 0.4) is 0 Å². The van der Waals surface area contributed by atoms with Crippen molar-refractivity contribution in [1.29, 1.82) is 0 Å². The van der Waals surface area contributed by atoms with Gasteiger partial charge in [-0.2, -0.15) is 0 Å². The molecule has 0 saturated carbocycles. The van der Waals surface area contributed by atoms with E-state index in [1.165, 1.54) is 0 Å². The molecular weight excluding hydrogens is 460 g/mol. The standard InChI is InChI=1S/C28H42N2O6/c1-7-18(2)19(17-31)30-22-24(33)29(26(3,4)5)15-12-14-28(22)20(23(30)32)21-25(34)35-16-11-9-8-10-13-27(21,6)36-28/h10,12-14,18-22,31H,7-9,11,15-17H2,1-6H3/b13-10-/t18-,19-,20-,21-,22?,27+,28-/m0/s1. The Balaban J connectivity index is 1.93. The van der Waals surface area contributed by atoms with Crippen molar-refractivity contribution in [3.05, 3.63) is 24.3 Å². The third-order valence-corrected chi connectivity index (χ3v) is 8.59. The summed E-state index contributed by atoms with van der Waals surface area (Å²) in [6.45, 7) is 12.1. The normalized spacial score (nSPS) is 37.5. The van der Waals surface area contributed by atoms with Crippen LogP contribution in [-0.4, -0.2) is 81.3 Å². The third kappa shape index (κ3) is 4.10. The van der Waals surface area contributed by atoms with Crippen LogP contribution in [0.15, 0.2) is 24.3 Å². The number of hydrogen-bond donors (Lipinski definition) is 1. The molecule has 8 nitrogen and oxygen atoms in total. The van der Waals surface area contributed by atoms with E-state index in [0.29, 0.717) is 13.2 Å². The summed E-state index contributed by atoms with van der Waals surface area (Å²) in [5.41, 5.74) is -2.94. The molecule has 4 aliphatic rings. The molecule has 36 heavy (non-hydrogen) atoms. The van der Waals surface area contributed by atoms with Gasteiger partial charge >= 0.3 is 5.97 Å². The Morgan fingerprint density at radius 2 is 1.83 bits per heavy atom. The molecule has 0 aromatic rings. The average Bonchev–Trinajstić information content (AvgIpc) is 3.13. The Bertz CT molecular complexity index is 954. The van der Waals surface area contributed by atoms with Crippen LogP contribution in [0.2, 0.25) is 0 Å². The number of allylic oxidation sites excluding steroid dienone is 1. The van der Waals surface area contributed by atoms with Crippen molar-refractivity contribution in [2.45, 2.75) is 96.1 Å². The first-order valence-electron chi connectivity index (χ1n) is 13.4. The Kier molecular flexibility index (Phi) is 7.16. The van der Waals surface area contributed by atoms with Gasteiger partial charge in [-0.1, -0.05) is 44.6 Å². The fraction of sp³-hybridized carbons (Fsp3) is 0.750. The van der Waals surface area contributed by atoms with Crippen molar-refractivity contribution < 1.29 is 29.0 Å². The van der Waals surface area contributed by atoms with Crippen LogP contribution in [-0.2, 0) is 23.9 Å². The molecule has 1 unspecified atom stereocenters. The van der Waals surface area contributed by atoms with E-state index in [9.17, 15) is 19.5 Å². The Morgan fingerprint density at radius 1 is 1.11 bits per heavy atom. The van der Waals surface area contributed by atoms with Crippen molar-refractivity contribution in [2.75, 3.05) is 19.8 Å². The molecule has 2 amide bonds. The number of carbonyl (C=O) groups excluding carboxylic acids is 3. The molecule has 2 fully saturated rings. The summed E-state index contributed by atoms with van der Waals surface area (Å²) in [5.74, 6) is -2.91. The first kappa shape index (κ1) is 26.9. The van der Waals surface area contributed by atoms with Crippen molar-refractivity contribution >= 4 is 17.8 Å². The number of aliphatic hydroxyl groups is 1. The monoisotopic (exact) mass is 502 g/mol. The molecular formula is C28H42N2O6. The summed E-state index contributed by atoms with van der Waals surface area (Å²) in [6.07, 6.45) is 10.8. The molecule has 4 heterocycles. The zero-order valence-electron chi connectivity index (χ0n) is 22.5. The van der Waals surface area contributed by atoms with Gasteiger partial charge in [-0.25, -0.2) is 0 Å². The molecule has 2 saturated heterocycles. The van der Waals surface area contributed by atoms with Gasteiger partial charge in [0.2, 0.25) is 11.8 Å². The van der Waals surface area contributed by atoms with Gasteiger partial charge in [0, 0.05) is 12.1 Å². The smallest absolute Gasteiger partial charge is 0.313 e. The number of fused-ring (bicyclic) bond motifs is 2. The molecule has 0 aromatic carbocycles. The van der Waals surface area contributed by atoms with Gasteiger partial charge in [0.25, 0.3) is 0 Å². The lowest BCUT2D eigenvalue weighted by Crippen LogP contribution is -2.62. The molecule has 4 aliphatic heterocycles. The predicted octanol–water partition coefficient (Wildman–Crippen LogP) is 2.84. The highest BCUT2D eigenvalue weighted by atomic mass is 16.6. The van der Waals surface area contributed by atoms with Crippen LogP contribution >= 0.6 is 0 Å². The van der Waals surface area contributed by atoms with Crippen LogP contribution in [0, 0.1) is 17.8 Å². The molecule has 8 heteroatoms. The summed E-state index contributed by atoms with van der Waals surface area (Å²) in [5, 5.41) is 10.4.